The zero-order valence-corrected chi connectivity index (χ0v) is 11.6. The zero-order valence-electron chi connectivity index (χ0n) is 10.8. The van der Waals surface area contributed by atoms with Gasteiger partial charge in [0.25, 0.3) is 0 Å². The minimum absolute atomic E-state index is 0. The van der Waals surface area contributed by atoms with Crippen LogP contribution in [0.25, 0.3) is 0 Å². The van der Waals surface area contributed by atoms with Gasteiger partial charge in [0.1, 0.15) is 5.72 Å². The van der Waals surface area contributed by atoms with Crippen molar-refractivity contribution in [3.8, 4) is 0 Å². The van der Waals surface area contributed by atoms with Gasteiger partial charge in [-0.3, -0.25) is 5.32 Å². The molecule has 2 nitrogen and oxygen atoms in total. The first-order valence-corrected chi connectivity index (χ1v) is 5.92. The molecular formula is C14H22ClNO. The number of benzene rings is 1. The van der Waals surface area contributed by atoms with Gasteiger partial charge in [-0.05, 0) is 12.5 Å². The van der Waals surface area contributed by atoms with Gasteiger partial charge in [-0.25, -0.2) is 0 Å². The van der Waals surface area contributed by atoms with Gasteiger partial charge in [0, 0.05) is 18.4 Å². The maximum Gasteiger partial charge on any atom is 0.120 e. The first kappa shape index (κ1) is 14.5. The fraction of sp³-hybridized carbons (Fsp3) is 0.571. The molecule has 0 spiro atoms. The Bertz CT molecular complexity index is 340. The van der Waals surface area contributed by atoms with Gasteiger partial charge in [-0.15, -0.1) is 12.4 Å². The standard InChI is InChI=1S/C14H21NO.ClH/c1-13(2)10-15-14(3,16-11-13)9-12-7-5-4-6-8-12;/h4-8,15H,9-11H2,1-3H3;1H. The van der Waals surface area contributed by atoms with Crippen LogP contribution in [0.2, 0.25) is 0 Å². The molecule has 0 saturated carbocycles. The lowest BCUT2D eigenvalue weighted by molar-refractivity contribution is -0.125. The van der Waals surface area contributed by atoms with E-state index in [9.17, 15) is 0 Å². The molecule has 1 heterocycles. The van der Waals surface area contributed by atoms with Crippen molar-refractivity contribution in [2.75, 3.05) is 13.2 Å². The lowest BCUT2D eigenvalue weighted by Gasteiger charge is -2.42. The third-order valence-electron chi connectivity index (χ3n) is 3.11. The number of rotatable bonds is 2. The predicted octanol–water partition coefficient (Wildman–Crippen LogP) is 3.01. The molecule has 0 aromatic heterocycles. The number of nitrogens with one attached hydrogen (secondary N) is 1. The van der Waals surface area contributed by atoms with E-state index < -0.39 is 0 Å². The summed E-state index contributed by atoms with van der Waals surface area (Å²) >= 11 is 0. The van der Waals surface area contributed by atoms with E-state index in [2.05, 4.69) is 50.4 Å². The summed E-state index contributed by atoms with van der Waals surface area (Å²) in [6.45, 7) is 8.42. The highest BCUT2D eigenvalue weighted by Crippen LogP contribution is 2.26. The molecule has 1 aliphatic heterocycles. The van der Waals surface area contributed by atoms with Crippen molar-refractivity contribution in [1.29, 1.82) is 0 Å². The highest BCUT2D eigenvalue weighted by Gasteiger charge is 2.35. The number of halogens is 1. The van der Waals surface area contributed by atoms with Crippen LogP contribution < -0.4 is 5.32 Å². The number of hydrogen-bond donors (Lipinski definition) is 1. The topological polar surface area (TPSA) is 21.3 Å². The molecule has 1 aromatic carbocycles. The van der Waals surface area contributed by atoms with Crippen LogP contribution in [-0.2, 0) is 11.2 Å². The Balaban J connectivity index is 0.00000144. The summed E-state index contributed by atoms with van der Waals surface area (Å²) in [4.78, 5) is 0. The Morgan fingerprint density at radius 3 is 2.35 bits per heavy atom. The van der Waals surface area contributed by atoms with Gasteiger partial charge in [-0.1, -0.05) is 44.2 Å². The Morgan fingerprint density at radius 2 is 1.82 bits per heavy atom. The van der Waals surface area contributed by atoms with Crippen LogP contribution >= 0.6 is 12.4 Å². The van der Waals surface area contributed by atoms with Crippen molar-refractivity contribution in [2.24, 2.45) is 5.41 Å². The molecule has 0 bridgehead atoms. The predicted molar refractivity (Wildman–Crippen MR) is 73.5 cm³/mol. The minimum atomic E-state index is -0.211. The smallest absolute Gasteiger partial charge is 0.120 e. The van der Waals surface area contributed by atoms with Crippen molar-refractivity contribution in [3.63, 3.8) is 0 Å². The molecule has 1 fully saturated rings. The maximum atomic E-state index is 5.97. The van der Waals surface area contributed by atoms with Crippen LogP contribution in [0.1, 0.15) is 26.3 Å². The van der Waals surface area contributed by atoms with Crippen LogP contribution in [0.5, 0.6) is 0 Å². The number of ether oxygens (including phenoxy) is 1. The van der Waals surface area contributed by atoms with Crippen molar-refractivity contribution < 1.29 is 4.74 Å². The van der Waals surface area contributed by atoms with E-state index in [1.165, 1.54) is 5.56 Å². The summed E-state index contributed by atoms with van der Waals surface area (Å²) in [5.41, 5.74) is 1.35. The Hall–Kier alpha value is -0.570. The van der Waals surface area contributed by atoms with Gasteiger partial charge in [0.05, 0.1) is 6.61 Å². The van der Waals surface area contributed by atoms with Crippen LogP contribution in [0.4, 0.5) is 0 Å². The Kier molecular flexibility index (Phi) is 4.59. The highest BCUT2D eigenvalue weighted by atomic mass is 35.5. The summed E-state index contributed by atoms with van der Waals surface area (Å²) < 4.78 is 5.97. The molecule has 1 atom stereocenters. The molecule has 1 aromatic rings. The largest absolute Gasteiger partial charge is 0.360 e. The second-order valence-electron chi connectivity index (χ2n) is 5.70. The monoisotopic (exact) mass is 255 g/mol. The molecular weight excluding hydrogens is 234 g/mol. The fourth-order valence-corrected chi connectivity index (χ4v) is 1.98. The van der Waals surface area contributed by atoms with Gasteiger partial charge < -0.3 is 4.74 Å². The van der Waals surface area contributed by atoms with Crippen LogP contribution in [-0.4, -0.2) is 18.9 Å². The molecule has 0 aliphatic carbocycles. The fourth-order valence-electron chi connectivity index (χ4n) is 1.98. The van der Waals surface area contributed by atoms with Gasteiger partial charge in [0.2, 0.25) is 0 Å². The van der Waals surface area contributed by atoms with E-state index in [0.29, 0.717) is 0 Å². The van der Waals surface area contributed by atoms with E-state index in [1.54, 1.807) is 0 Å². The van der Waals surface area contributed by atoms with E-state index in [4.69, 9.17) is 4.74 Å². The van der Waals surface area contributed by atoms with Crippen LogP contribution in [0.15, 0.2) is 30.3 Å². The highest BCUT2D eigenvalue weighted by molar-refractivity contribution is 5.85. The molecule has 1 N–H and O–H groups in total. The summed E-state index contributed by atoms with van der Waals surface area (Å²) in [7, 11) is 0. The van der Waals surface area contributed by atoms with E-state index in [-0.39, 0.29) is 23.5 Å². The van der Waals surface area contributed by atoms with Gasteiger partial charge in [0.15, 0.2) is 0 Å². The third-order valence-corrected chi connectivity index (χ3v) is 3.11. The molecule has 0 radical (unpaired) electrons. The Morgan fingerprint density at radius 1 is 1.18 bits per heavy atom. The lowest BCUT2D eigenvalue weighted by atomic mass is 9.91. The second kappa shape index (κ2) is 5.38. The quantitative estimate of drug-likeness (QED) is 0.877. The van der Waals surface area contributed by atoms with Crippen molar-refractivity contribution in [2.45, 2.75) is 32.9 Å². The van der Waals surface area contributed by atoms with Crippen LogP contribution in [0.3, 0.4) is 0 Å². The van der Waals surface area contributed by atoms with Crippen LogP contribution in [0, 0.1) is 5.41 Å². The average Bonchev–Trinajstić information content (AvgIpc) is 2.25. The maximum absolute atomic E-state index is 5.97. The van der Waals surface area contributed by atoms with E-state index in [1.807, 2.05) is 6.07 Å². The molecule has 3 heteroatoms. The molecule has 96 valence electrons. The molecule has 1 unspecified atom stereocenters. The zero-order chi connectivity index (χ0) is 11.6. The normalized spacial score (nSPS) is 27.2. The van der Waals surface area contributed by atoms with E-state index >= 15 is 0 Å². The summed E-state index contributed by atoms with van der Waals surface area (Å²) in [6, 6.07) is 10.5. The first-order valence-electron chi connectivity index (χ1n) is 5.92. The van der Waals surface area contributed by atoms with Crippen molar-refractivity contribution in [1.82, 2.24) is 5.32 Å². The SMILES string of the molecule is CC1(C)CNC(C)(Cc2ccccc2)OC1.Cl. The minimum Gasteiger partial charge on any atom is -0.360 e. The molecule has 1 aliphatic rings. The summed E-state index contributed by atoms with van der Waals surface area (Å²) in [6.07, 6.45) is 0.921. The molecule has 17 heavy (non-hydrogen) atoms. The lowest BCUT2D eigenvalue weighted by Crippen LogP contribution is -2.56. The summed E-state index contributed by atoms with van der Waals surface area (Å²) in [5.74, 6) is 0. The average molecular weight is 256 g/mol. The Labute approximate surface area is 110 Å². The molecule has 2 rings (SSSR count). The third kappa shape index (κ3) is 3.98. The van der Waals surface area contributed by atoms with Crippen molar-refractivity contribution >= 4 is 12.4 Å². The summed E-state index contributed by atoms with van der Waals surface area (Å²) in [5, 5.41) is 3.51. The molecule has 1 saturated heterocycles. The van der Waals surface area contributed by atoms with Crippen molar-refractivity contribution in [3.05, 3.63) is 35.9 Å². The van der Waals surface area contributed by atoms with Gasteiger partial charge >= 0.3 is 0 Å². The number of hydrogen-bond acceptors (Lipinski definition) is 2. The first-order chi connectivity index (χ1) is 7.49. The second-order valence-corrected chi connectivity index (χ2v) is 5.70. The van der Waals surface area contributed by atoms with Gasteiger partial charge in [-0.2, -0.15) is 0 Å². The molecule has 0 amide bonds. The van der Waals surface area contributed by atoms with E-state index in [0.717, 1.165) is 19.6 Å².